The van der Waals surface area contributed by atoms with Gasteiger partial charge in [-0.15, -0.1) is 0 Å². The molecule has 0 bridgehead atoms. The Bertz CT molecular complexity index is 899. The summed E-state index contributed by atoms with van der Waals surface area (Å²) in [5, 5.41) is 8.99. The van der Waals surface area contributed by atoms with Crippen molar-refractivity contribution >= 4 is 8.53 Å². The standard InChI is InChI=1S/C22H37N4O6P/c1-8-22(9-2)19(32-33(30-14-10-12-23)26(15(3)4)16(5)6)18(29-7)20(31-22)25-13-11-17(27)24-21(25)28/h11,13,15-16,18-20H,8-10,14H2,1-7H3,(H,24,27,28)/t18?,19-,20-,33?/m1/s1. The Hall–Kier alpha value is -1.60. The molecule has 2 unspecified atom stereocenters. The van der Waals surface area contributed by atoms with Gasteiger partial charge >= 0.3 is 5.69 Å². The first kappa shape index (κ1) is 27.6. The van der Waals surface area contributed by atoms with Crippen LogP contribution in [0.2, 0.25) is 0 Å². The van der Waals surface area contributed by atoms with Crippen molar-refractivity contribution in [2.24, 2.45) is 0 Å². The summed E-state index contributed by atoms with van der Waals surface area (Å²) < 4.78 is 28.6. The molecular weight excluding hydrogens is 447 g/mol. The Morgan fingerprint density at radius 1 is 1.27 bits per heavy atom. The number of ether oxygens (including phenoxy) is 2. The van der Waals surface area contributed by atoms with Crippen LogP contribution in [0.1, 0.15) is 67.0 Å². The second kappa shape index (κ2) is 12.2. The van der Waals surface area contributed by atoms with Crippen LogP contribution >= 0.6 is 8.53 Å². The van der Waals surface area contributed by atoms with E-state index in [2.05, 4.69) is 43.4 Å². The van der Waals surface area contributed by atoms with Gasteiger partial charge in [-0.1, -0.05) is 13.8 Å². The van der Waals surface area contributed by atoms with Crippen molar-refractivity contribution < 1.29 is 18.5 Å². The largest absolute Gasteiger partial charge is 0.374 e. The van der Waals surface area contributed by atoms with E-state index in [1.165, 1.54) is 16.8 Å². The molecule has 4 atom stereocenters. The molecule has 0 radical (unpaired) electrons. The smallest absolute Gasteiger partial charge is 0.330 e. The molecule has 2 heterocycles. The topological polar surface area (TPSA) is 119 Å². The number of aromatic amines is 1. The Morgan fingerprint density at radius 2 is 1.91 bits per heavy atom. The van der Waals surface area contributed by atoms with E-state index in [4.69, 9.17) is 23.8 Å². The van der Waals surface area contributed by atoms with Crippen LogP contribution < -0.4 is 11.2 Å². The second-order valence-electron chi connectivity index (χ2n) is 8.57. The monoisotopic (exact) mass is 484 g/mol. The normalized spacial score (nSPS) is 23.4. The van der Waals surface area contributed by atoms with Crippen molar-refractivity contribution in [2.45, 2.75) is 96.9 Å². The first-order valence-electron chi connectivity index (χ1n) is 11.4. The van der Waals surface area contributed by atoms with Crippen LogP contribution in [0.3, 0.4) is 0 Å². The van der Waals surface area contributed by atoms with Gasteiger partial charge in [0.25, 0.3) is 14.1 Å². The van der Waals surface area contributed by atoms with Crippen LogP contribution in [-0.2, 0) is 18.5 Å². The minimum absolute atomic E-state index is 0.136. The highest BCUT2D eigenvalue weighted by Gasteiger charge is 2.57. The number of hydrogen-bond donors (Lipinski definition) is 1. The molecule has 33 heavy (non-hydrogen) atoms. The van der Waals surface area contributed by atoms with E-state index in [0.717, 1.165) is 0 Å². The molecule has 0 amide bonds. The van der Waals surface area contributed by atoms with Gasteiger partial charge in [0.15, 0.2) is 6.23 Å². The van der Waals surface area contributed by atoms with E-state index in [-0.39, 0.29) is 25.1 Å². The Kier molecular flexibility index (Phi) is 10.2. The Labute approximate surface area is 196 Å². The molecule has 0 spiro atoms. The molecular formula is C22H37N4O6P. The molecule has 186 valence electrons. The highest BCUT2D eigenvalue weighted by molar-refractivity contribution is 7.44. The highest BCUT2D eigenvalue weighted by atomic mass is 31.2. The maximum Gasteiger partial charge on any atom is 0.330 e. The molecule has 1 N–H and O–H groups in total. The van der Waals surface area contributed by atoms with Gasteiger partial charge in [0.05, 0.1) is 24.7 Å². The van der Waals surface area contributed by atoms with Crippen LogP contribution in [-0.4, -0.2) is 57.8 Å². The number of hydrogen-bond acceptors (Lipinski definition) is 8. The van der Waals surface area contributed by atoms with E-state index in [0.29, 0.717) is 12.8 Å². The fourth-order valence-corrected chi connectivity index (χ4v) is 6.08. The third-order valence-electron chi connectivity index (χ3n) is 5.91. The van der Waals surface area contributed by atoms with Crippen LogP contribution in [0.5, 0.6) is 0 Å². The van der Waals surface area contributed by atoms with Gasteiger partial charge in [0.2, 0.25) is 0 Å². The molecule has 1 aromatic heterocycles. The minimum atomic E-state index is -1.55. The number of nitriles is 1. The van der Waals surface area contributed by atoms with Crippen molar-refractivity contribution in [2.75, 3.05) is 13.7 Å². The third-order valence-corrected chi connectivity index (χ3v) is 8.03. The van der Waals surface area contributed by atoms with Crippen molar-refractivity contribution in [1.82, 2.24) is 14.2 Å². The maximum atomic E-state index is 12.5. The second-order valence-corrected chi connectivity index (χ2v) is 9.98. The number of rotatable bonds is 12. The van der Waals surface area contributed by atoms with Crippen molar-refractivity contribution in [1.29, 1.82) is 5.26 Å². The van der Waals surface area contributed by atoms with E-state index in [1.807, 2.05) is 13.8 Å². The first-order valence-corrected chi connectivity index (χ1v) is 12.6. The van der Waals surface area contributed by atoms with Crippen LogP contribution in [0.25, 0.3) is 0 Å². The molecule has 1 fully saturated rings. The molecule has 0 saturated carbocycles. The lowest BCUT2D eigenvalue weighted by atomic mass is 9.90. The highest BCUT2D eigenvalue weighted by Crippen LogP contribution is 2.53. The van der Waals surface area contributed by atoms with Crippen molar-refractivity contribution in [3.8, 4) is 6.07 Å². The predicted octanol–water partition coefficient (Wildman–Crippen LogP) is 3.30. The van der Waals surface area contributed by atoms with E-state index >= 15 is 0 Å². The van der Waals surface area contributed by atoms with Crippen LogP contribution in [0, 0.1) is 11.3 Å². The fourth-order valence-electron chi connectivity index (χ4n) is 4.27. The number of aromatic nitrogens is 2. The van der Waals surface area contributed by atoms with Crippen molar-refractivity contribution in [3.05, 3.63) is 33.1 Å². The maximum absolute atomic E-state index is 12.5. The molecule has 0 aliphatic carbocycles. The lowest BCUT2D eigenvalue weighted by Crippen LogP contribution is -2.46. The molecule has 10 nitrogen and oxygen atoms in total. The zero-order valence-electron chi connectivity index (χ0n) is 20.6. The number of nitrogens with zero attached hydrogens (tertiary/aromatic N) is 3. The summed E-state index contributed by atoms with van der Waals surface area (Å²) in [5.74, 6) is 0. The first-order chi connectivity index (χ1) is 15.6. The zero-order valence-corrected chi connectivity index (χ0v) is 21.5. The molecule has 1 saturated heterocycles. The van der Waals surface area contributed by atoms with Gasteiger partial charge in [-0.05, 0) is 40.5 Å². The lowest BCUT2D eigenvalue weighted by Gasteiger charge is -2.40. The van der Waals surface area contributed by atoms with E-state index < -0.39 is 43.8 Å². The molecule has 0 aromatic carbocycles. The summed E-state index contributed by atoms with van der Waals surface area (Å²) in [5.41, 5.74) is -1.79. The summed E-state index contributed by atoms with van der Waals surface area (Å²) in [6.45, 7) is 12.5. The van der Waals surface area contributed by atoms with Crippen LogP contribution in [0.4, 0.5) is 0 Å². The molecule has 2 rings (SSSR count). The van der Waals surface area contributed by atoms with E-state index in [9.17, 15) is 9.59 Å². The lowest BCUT2D eigenvalue weighted by molar-refractivity contribution is -0.108. The number of methoxy groups -OCH3 is 1. The van der Waals surface area contributed by atoms with Crippen LogP contribution in [0.15, 0.2) is 21.9 Å². The number of H-pyrrole nitrogens is 1. The Balaban J connectivity index is 2.50. The van der Waals surface area contributed by atoms with Gasteiger partial charge in [-0.25, -0.2) is 9.46 Å². The Morgan fingerprint density at radius 3 is 2.39 bits per heavy atom. The zero-order chi connectivity index (χ0) is 24.8. The van der Waals surface area contributed by atoms with Gasteiger partial charge in [-0.2, -0.15) is 5.26 Å². The summed E-state index contributed by atoms with van der Waals surface area (Å²) >= 11 is 0. The average Bonchev–Trinajstić information content (AvgIpc) is 3.06. The number of nitrogens with one attached hydrogen (secondary N) is 1. The van der Waals surface area contributed by atoms with Gasteiger partial charge < -0.3 is 18.5 Å². The summed E-state index contributed by atoms with van der Waals surface area (Å²) in [7, 11) is 0.000959. The van der Waals surface area contributed by atoms with Gasteiger partial charge in [-0.3, -0.25) is 14.3 Å². The summed E-state index contributed by atoms with van der Waals surface area (Å²) in [6.07, 6.45) is 0.946. The molecule has 11 heteroatoms. The fraction of sp³-hybridized carbons (Fsp3) is 0.773. The van der Waals surface area contributed by atoms with Gasteiger partial charge in [0, 0.05) is 31.5 Å². The SMILES string of the molecule is CCC1(CC)O[C@@H](n2ccc(=O)[nH]c2=O)C(OC)[C@H]1OP(OCCC#N)N(C(C)C)C(C)C. The average molecular weight is 485 g/mol. The molecule has 1 aromatic rings. The summed E-state index contributed by atoms with van der Waals surface area (Å²) in [4.78, 5) is 26.4. The molecule has 1 aliphatic heterocycles. The molecule has 1 aliphatic rings. The van der Waals surface area contributed by atoms with Crippen molar-refractivity contribution in [3.63, 3.8) is 0 Å². The quantitative estimate of drug-likeness (QED) is 0.355. The minimum Gasteiger partial charge on any atom is -0.374 e. The predicted molar refractivity (Wildman–Crippen MR) is 126 cm³/mol. The van der Waals surface area contributed by atoms with Gasteiger partial charge in [0.1, 0.15) is 12.2 Å². The summed E-state index contributed by atoms with van der Waals surface area (Å²) in [6, 6.07) is 3.66. The van der Waals surface area contributed by atoms with E-state index in [1.54, 1.807) is 7.11 Å². The third kappa shape index (κ3) is 6.10.